The lowest BCUT2D eigenvalue weighted by atomic mass is 9.90. The molecule has 2 amide bonds. The molecule has 1 aliphatic heterocycles. The maximum Gasteiger partial charge on any atom is 0.253 e. The molecule has 4 nitrogen and oxygen atoms in total. The molecule has 4 heteroatoms. The number of nitrogens with zero attached hydrogens (tertiary/aromatic N) is 2. The lowest BCUT2D eigenvalue weighted by Gasteiger charge is -2.32. The minimum atomic E-state index is 0.101. The molecule has 1 aliphatic carbocycles. The molecule has 106 valence electrons. The first-order valence-electron chi connectivity index (χ1n) is 7.38. The Morgan fingerprint density at radius 1 is 1.00 bits per heavy atom. The molecule has 1 aromatic carbocycles. The monoisotopic (exact) mass is 272 g/mol. The van der Waals surface area contributed by atoms with Crippen LogP contribution in [0.5, 0.6) is 0 Å². The number of piperazine rings is 1. The summed E-state index contributed by atoms with van der Waals surface area (Å²) in [7, 11) is 0. The average Bonchev–Trinajstić information content (AvgIpc) is 2.54. The molecule has 0 saturated carbocycles. The van der Waals surface area contributed by atoms with E-state index in [0.29, 0.717) is 26.2 Å². The van der Waals surface area contributed by atoms with E-state index >= 15 is 0 Å². The summed E-state index contributed by atoms with van der Waals surface area (Å²) < 4.78 is 0. The Hall–Kier alpha value is -1.84. The largest absolute Gasteiger partial charge is 0.342 e. The van der Waals surface area contributed by atoms with E-state index in [1.54, 1.807) is 4.90 Å². The van der Waals surface area contributed by atoms with Crippen molar-refractivity contribution in [3.8, 4) is 0 Å². The average molecular weight is 272 g/mol. The first-order chi connectivity index (χ1) is 9.78. The van der Waals surface area contributed by atoms with Crippen LogP contribution in [-0.2, 0) is 17.6 Å². The zero-order valence-electron chi connectivity index (χ0n) is 11.7. The summed E-state index contributed by atoms with van der Waals surface area (Å²) in [4.78, 5) is 26.8. The maximum atomic E-state index is 12.5. The maximum absolute atomic E-state index is 12.5. The van der Waals surface area contributed by atoms with Crippen LogP contribution in [0, 0.1) is 0 Å². The van der Waals surface area contributed by atoms with E-state index in [2.05, 4.69) is 12.1 Å². The van der Waals surface area contributed by atoms with Crippen molar-refractivity contribution in [2.45, 2.75) is 25.7 Å². The molecule has 3 rings (SSSR count). The van der Waals surface area contributed by atoms with Crippen molar-refractivity contribution >= 4 is 12.3 Å². The third-order valence-corrected chi connectivity index (χ3v) is 4.35. The van der Waals surface area contributed by atoms with Crippen molar-refractivity contribution in [1.82, 2.24) is 9.80 Å². The summed E-state index contributed by atoms with van der Waals surface area (Å²) in [5, 5.41) is 0. The molecule has 20 heavy (non-hydrogen) atoms. The van der Waals surface area contributed by atoms with Crippen molar-refractivity contribution < 1.29 is 9.59 Å². The first kappa shape index (κ1) is 13.2. The number of carbonyl (C=O) groups excluding carboxylic acids is 2. The number of carbonyl (C=O) groups is 2. The van der Waals surface area contributed by atoms with Gasteiger partial charge < -0.3 is 9.80 Å². The quantitative estimate of drug-likeness (QED) is 0.765. The van der Waals surface area contributed by atoms with Gasteiger partial charge in [-0.3, -0.25) is 9.59 Å². The molecule has 1 aromatic rings. The van der Waals surface area contributed by atoms with Crippen LogP contribution in [0.25, 0.3) is 0 Å². The van der Waals surface area contributed by atoms with Crippen molar-refractivity contribution in [3.63, 3.8) is 0 Å². The number of benzene rings is 1. The first-order valence-corrected chi connectivity index (χ1v) is 7.38. The predicted molar refractivity (Wildman–Crippen MR) is 76.6 cm³/mol. The Labute approximate surface area is 119 Å². The zero-order valence-corrected chi connectivity index (χ0v) is 11.7. The summed E-state index contributed by atoms with van der Waals surface area (Å²) in [5.74, 6) is 0.101. The van der Waals surface area contributed by atoms with Crippen molar-refractivity contribution in [2.75, 3.05) is 26.2 Å². The van der Waals surface area contributed by atoms with E-state index in [9.17, 15) is 9.59 Å². The smallest absolute Gasteiger partial charge is 0.253 e. The number of hydrogen-bond acceptors (Lipinski definition) is 2. The lowest BCUT2D eigenvalue weighted by Crippen LogP contribution is -2.48. The van der Waals surface area contributed by atoms with E-state index in [1.165, 1.54) is 24.0 Å². The minimum Gasteiger partial charge on any atom is -0.342 e. The second-order valence-electron chi connectivity index (χ2n) is 5.62. The van der Waals surface area contributed by atoms with E-state index in [1.807, 2.05) is 11.0 Å². The molecule has 1 fully saturated rings. The fraction of sp³-hybridized carbons (Fsp3) is 0.500. The molecule has 0 bridgehead atoms. The number of aryl methyl sites for hydroxylation is 2. The molecule has 0 aromatic heterocycles. The van der Waals surface area contributed by atoms with Crippen molar-refractivity contribution in [2.24, 2.45) is 0 Å². The molecule has 0 spiro atoms. The van der Waals surface area contributed by atoms with Gasteiger partial charge in [0.1, 0.15) is 0 Å². The molecule has 2 aliphatic rings. The number of amides is 2. The summed E-state index contributed by atoms with van der Waals surface area (Å²) in [5.41, 5.74) is 3.54. The van der Waals surface area contributed by atoms with Crippen LogP contribution in [0.2, 0.25) is 0 Å². The SMILES string of the molecule is O=CN1CCN(C(=O)c2ccc3c(c2)CCCC3)CC1. The van der Waals surface area contributed by atoms with Crippen LogP contribution in [0.15, 0.2) is 18.2 Å². The lowest BCUT2D eigenvalue weighted by molar-refractivity contribution is -0.119. The summed E-state index contributed by atoms with van der Waals surface area (Å²) in [6, 6.07) is 6.14. The van der Waals surface area contributed by atoms with Crippen molar-refractivity contribution in [3.05, 3.63) is 34.9 Å². The third-order valence-electron chi connectivity index (χ3n) is 4.35. The molecular formula is C16H20N2O2. The van der Waals surface area contributed by atoms with Gasteiger partial charge in [0.15, 0.2) is 0 Å². The third kappa shape index (κ3) is 2.55. The number of rotatable bonds is 2. The number of fused-ring (bicyclic) bond motifs is 1. The van der Waals surface area contributed by atoms with E-state index in [-0.39, 0.29) is 5.91 Å². The van der Waals surface area contributed by atoms with Gasteiger partial charge >= 0.3 is 0 Å². The highest BCUT2D eigenvalue weighted by atomic mass is 16.2. The van der Waals surface area contributed by atoms with Crippen LogP contribution in [0.1, 0.15) is 34.3 Å². The van der Waals surface area contributed by atoms with Gasteiger partial charge in [-0.25, -0.2) is 0 Å². The summed E-state index contributed by atoms with van der Waals surface area (Å²) in [6.07, 6.45) is 5.58. The van der Waals surface area contributed by atoms with Gasteiger partial charge in [-0.05, 0) is 48.9 Å². The molecule has 1 heterocycles. The molecule has 0 atom stereocenters. The second kappa shape index (κ2) is 5.65. The highest BCUT2D eigenvalue weighted by molar-refractivity contribution is 5.94. The summed E-state index contributed by atoms with van der Waals surface area (Å²) >= 11 is 0. The van der Waals surface area contributed by atoms with Crippen LogP contribution in [-0.4, -0.2) is 48.3 Å². The molecular weight excluding hydrogens is 252 g/mol. The second-order valence-corrected chi connectivity index (χ2v) is 5.62. The Morgan fingerprint density at radius 2 is 1.70 bits per heavy atom. The van der Waals surface area contributed by atoms with Gasteiger partial charge in [0.2, 0.25) is 6.41 Å². The Balaban J connectivity index is 1.72. The van der Waals surface area contributed by atoms with Crippen LogP contribution < -0.4 is 0 Å². The Kier molecular flexibility index (Phi) is 3.72. The zero-order chi connectivity index (χ0) is 13.9. The van der Waals surface area contributed by atoms with Gasteiger partial charge in [0.05, 0.1) is 0 Å². The fourth-order valence-corrected chi connectivity index (χ4v) is 3.08. The summed E-state index contributed by atoms with van der Waals surface area (Å²) in [6.45, 7) is 2.55. The highest BCUT2D eigenvalue weighted by Crippen LogP contribution is 2.23. The van der Waals surface area contributed by atoms with Gasteiger partial charge in [-0.2, -0.15) is 0 Å². The van der Waals surface area contributed by atoms with Gasteiger partial charge in [0, 0.05) is 31.7 Å². The molecule has 0 radical (unpaired) electrons. The normalized spacial score (nSPS) is 18.6. The van der Waals surface area contributed by atoms with Crippen LogP contribution in [0.3, 0.4) is 0 Å². The van der Waals surface area contributed by atoms with Crippen molar-refractivity contribution in [1.29, 1.82) is 0 Å². The van der Waals surface area contributed by atoms with Crippen LogP contribution >= 0.6 is 0 Å². The van der Waals surface area contributed by atoms with Crippen LogP contribution in [0.4, 0.5) is 0 Å². The highest BCUT2D eigenvalue weighted by Gasteiger charge is 2.22. The molecule has 0 N–H and O–H groups in total. The predicted octanol–water partition coefficient (Wildman–Crippen LogP) is 1.48. The Bertz CT molecular complexity index is 519. The molecule has 0 unspecified atom stereocenters. The van der Waals surface area contributed by atoms with Gasteiger partial charge in [0.25, 0.3) is 5.91 Å². The van der Waals surface area contributed by atoms with E-state index in [4.69, 9.17) is 0 Å². The Morgan fingerprint density at radius 3 is 2.40 bits per heavy atom. The number of hydrogen-bond donors (Lipinski definition) is 0. The fourth-order valence-electron chi connectivity index (χ4n) is 3.08. The van der Waals surface area contributed by atoms with Gasteiger partial charge in [-0.15, -0.1) is 0 Å². The minimum absolute atomic E-state index is 0.101. The molecule has 1 saturated heterocycles. The van der Waals surface area contributed by atoms with E-state index in [0.717, 1.165) is 24.8 Å². The van der Waals surface area contributed by atoms with Gasteiger partial charge in [-0.1, -0.05) is 6.07 Å². The topological polar surface area (TPSA) is 40.6 Å². The van der Waals surface area contributed by atoms with E-state index < -0.39 is 0 Å². The standard InChI is InChI=1S/C16H20N2O2/c19-12-17-7-9-18(10-8-17)16(20)15-6-5-13-3-1-2-4-14(13)11-15/h5-6,11-12H,1-4,7-10H2.